The molecule has 0 spiro atoms. The Morgan fingerprint density at radius 1 is 1.19 bits per heavy atom. The van der Waals surface area contributed by atoms with Gasteiger partial charge in [-0.15, -0.1) is 0 Å². The summed E-state index contributed by atoms with van der Waals surface area (Å²) in [7, 11) is 0. The maximum atomic E-state index is 13.1. The Morgan fingerprint density at radius 3 is 2.44 bits per heavy atom. The minimum absolute atomic E-state index is 0.0270. The second kappa shape index (κ2) is 10.2. The van der Waals surface area contributed by atoms with Gasteiger partial charge in [-0.25, -0.2) is 9.18 Å². The van der Waals surface area contributed by atoms with Crippen molar-refractivity contribution in [3.63, 3.8) is 0 Å². The predicted octanol–water partition coefficient (Wildman–Crippen LogP) is 3.62. The number of nitrogens with two attached hydrogens (primary N) is 1. The molecule has 0 aliphatic carbocycles. The SMILES string of the molecule is CC(=O)c1cccc(N(C[C@@](C)(O)CN2CCC(Cc3ccc(F)cc3)CC2)C(N)=O)c1. The number of anilines is 1. The third kappa shape index (κ3) is 6.61. The summed E-state index contributed by atoms with van der Waals surface area (Å²) < 4.78 is 13.1. The van der Waals surface area contributed by atoms with Gasteiger partial charge in [-0.05, 0) is 81.9 Å². The van der Waals surface area contributed by atoms with Gasteiger partial charge in [-0.3, -0.25) is 9.69 Å². The summed E-state index contributed by atoms with van der Waals surface area (Å²) in [4.78, 5) is 27.3. The molecule has 0 unspecified atom stereocenters. The molecule has 3 rings (SSSR count). The zero-order valence-electron chi connectivity index (χ0n) is 18.8. The molecule has 1 atom stereocenters. The van der Waals surface area contributed by atoms with Crippen LogP contribution >= 0.6 is 0 Å². The van der Waals surface area contributed by atoms with Crippen molar-refractivity contribution in [2.24, 2.45) is 11.7 Å². The summed E-state index contributed by atoms with van der Waals surface area (Å²) in [5.41, 5.74) is 6.53. The molecule has 32 heavy (non-hydrogen) atoms. The van der Waals surface area contributed by atoms with Crippen LogP contribution in [-0.2, 0) is 6.42 Å². The number of primary amides is 1. The van der Waals surface area contributed by atoms with E-state index in [9.17, 15) is 19.1 Å². The van der Waals surface area contributed by atoms with Gasteiger partial charge in [-0.1, -0.05) is 24.3 Å². The van der Waals surface area contributed by atoms with Gasteiger partial charge in [0, 0.05) is 17.8 Å². The molecule has 2 aromatic carbocycles. The Balaban J connectivity index is 1.57. The zero-order valence-corrected chi connectivity index (χ0v) is 18.8. The number of carbonyl (C=O) groups excluding carboxylic acids is 2. The highest BCUT2D eigenvalue weighted by atomic mass is 19.1. The number of β-amino-alcohol motifs (C(OH)–C–C–N with tert-alkyl or cyclic N) is 1. The van der Waals surface area contributed by atoms with E-state index in [0.717, 1.165) is 37.9 Å². The molecule has 0 bridgehead atoms. The number of hydrogen-bond acceptors (Lipinski definition) is 4. The topological polar surface area (TPSA) is 86.9 Å². The largest absolute Gasteiger partial charge is 0.387 e. The van der Waals surface area contributed by atoms with E-state index in [4.69, 9.17) is 5.73 Å². The lowest BCUT2D eigenvalue weighted by Crippen LogP contribution is -2.53. The fraction of sp³-hybridized carbons (Fsp3) is 0.440. The fourth-order valence-electron chi connectivity index (χ4n) is 4.36. The third-order valence-corrected chi connectivity index (χ3v) is 6.04. The van der Waals surface area contributed by atoms with Crippen LogP contribution in [0.1, 0.15) is 42.6 Å². The molecule has 1 aliphatic heterocycles. The molecule has 0 aromatic heterocycles. The number of benzene rings is 2. The van der Waals surface area contributed by atoms with E-state index in [1.807, 2.05) is 12.1 Å². The molecule has 0 radical (unpaired) electrons. The van der Waals surface area contributed by atoms with E-state index < -0.39 is 11.6 Å². The monoisotopic (exact) mass is 441 g/mol. The number of likely N-dealkylation sites (tertiary alicyclic amines) is 1. The van der Waals surface area contributed by atoms with Crippen LogP contribution in [0.4, 0.5) is 14.9 Å². The van der Waals surface area contributed by atoms with Gasteiger partial charge in [0.15, 0.2) is 5.78 Å². The molecule has 1 fully saturated rings. The number of nitrogens with zero attached hydrogens (tertiary/aromatic N) is 2. The highest BCUT2D eigenvalue weighted by Gasteiger charge is 2.31. The van der Waals surface area contributed by atoms with Gasteiger partial charge in [-0.2, -0.15) is 0 Å². The van der Waals surface area contributed by atoms with Crippen LogP contribution < -0.4 is 10.6 Å². The van der Waals surface area contributed by atoms with Crippen molar-refractivity contribution >= 4 is 17.5 Å². The van der Waals surface area contributed by atoms with E-state index in [1.54, 1.807) is 31.2 Å². The van der Waals surface area contributed by atoms with Crippen molar-refractivity contribution in [1.82, 2.24) is 4.90 Å². The van der Waals surface area contributed by atoms with Gasteiger partial charge in [0.1, 0.15) is 5.82 Å². The summed E-state index contributed by atoms with van der Waals surface area (Å²) in [6.07, 6.45) is 2.91. The van der Waals surface area contributed by atoms with Crippen LogP contribution in [0.5, 0.6) is 0 Å². The van der Waals surface area contributed by atoms with E-state index in [-0.39, 0.29) is 18.1 Å². The maximum Gasteiger partial charge on any atom is 0.319 e. The normalized spacial score (nSPS) is 17.0. The van der Waals surface area contributed by atoms with Crippen molar-refractivity contribution < 1.29 is 19.1 Å². The number of aliphatic hydroxyl groups is 1. The summed E-state index contributed by atoms with van der Waals surface area (Å²) in [6.45, 7) is 5.29. The first-order chi connectivity index (χ1) is 15.1. The summed E-state index contributed by atoms with van der Waals surface area (Å²) in [5, 5.41) is 11.1. The average molecular weight is 442 g/mol. The first-order valence-corrected chi connectivity index (χ1v) is 11.0. The van der Waals surface area contributed by atoms with Crippen molar-refractivity contribution in [3.05, 3.63) is 65.5 Å². The minimum Gasteiger partial charge on any atom is -0.387 e. The lowest BCUT2D eigenvalue weighted by molar-refractivity contribution is 0.0163. The second-order valence-corrected chi connectivity index (χ2v) is 9.08. The first kappa shape index (κ1) is 23.9. The molecule has 1 saturated heterocycles. The molecule has 3 N–H and O–H groups in total. The number of hydrogen-bond donors (Lipinski definition) is 2. The van der Waals surface area contributed by atoms with Crippen LogP contribution in [-0.4, -0.2) is 53.6 Å². The van der Waals surface area contributed by atoms with Crippen LogP contribution in [0.3, 0.4) is 0 Å². The predicted molar refractivity (Wildman–Crippen MR) is 123 cm³/mol. The number of Topliss-reactive ketones (excluding diaryl/α,β-unsaturated/α-hetero) is 1. The van der Waals surface area contributed by atoms with Gasteiger partial charge in [0.05, 0.1) is 12.1 Å². The number of piperidine rings is 1. The molecule has 2 aromatic rings. The standard InChI is InChI=1S/C25H32FN3O3/c1-18(30)21-4-3-5-23(15-21)29(24(27)31)17-25(2,32)16-28-12-10-20(11-13-28)14-19-6-8-22(26)9-7-19/h3-9,15,20,32H,10-14,16-17H2,1-2H3,(H2,27,31)/t25-/m0/s1. The second-order valence-electron chi connectivity index (χ2n) is 9.08. The molecule has 0 saturated carbocycles. The van der Waals surface area contributed by atoms with E-state index in [1.165, 1.54) is 24.0 Å². The smallest absolute Gasteiger partial charge is 0.319 e. The quantitative estimate of drug-likeness (QED) is 0.613. The fourth-order valence-corrected chi connectivity index (χ4v) is 4.36. The molecule has 172 valence electrons. The number of halogens is 1. The van der Waals surface area contributed by atoms with Crippen LogP contribution in [0.15, 0.2) is 48.5 Å². The lowest BCUT2D eigenvalue weighted by atomic mass is 9.89. The Labute approximate surface area is 188 Å². The summed E-state index contributed by atoms with van der Waals surface area (Å²) >= 11 is 0. The lowest BCUT2D eigenvalue weighted by Gasteiger charge is -2.38. The van der Waals surface area contributed by atoms with Gasteiger partial charge >= 0.3 is 6.03 Å². The minimum atomic E-state index is -1.18. The van der Waals surface area contributed by atoms with Crippen molar-refractivity contribution in [2.45, 2.75) is 38.7 Å². The third-order valence-electron chi connectivity index (χ3n) is 6.04. The Morgan fingerprint density at radius 2 is 1.84 bits per heavy atom. The maximum absolute atomic E-state index is 13.1. The van der Waals surface area contributed by atoms with Crippen LogP contribution in [0, 0.1) is 11.7 Å². The van der Waals surface area contributed by atoms with Crippen molar-refractivity contribution in [1.29, 1.82) is 0 Å². The first-order valence-electron chi connectivity index (χ1n) is 11.0. The summed E-state index contributed by atoms with van der Waals surface area (Å²) in [6, 6.07) is 12.7. The van der Waals surface area contributed by atoms with Crippen molar-refractivity contribution in [2.75, 3.05) is 31.1 Å². The Kier molecular flexibility index (Phi) is 7.64. The molecule has 6 nitrogen and oxygen atoms in total. The molecule has 1 aliphatic rings. The average Bonchev–Trinajstić information content (AvgIpc) is 2.75. The molecular formula is C25H32FN3O3. The van der Waals surface area contributed by atoms with E-state index in [2.05, 4.69) is 4.90 Å². The number of urea groups is 1. The molecular weight excluding hydrogens is 409 g/mol. The van der Waals surface area contributed by atoms with Crippen molar-refractivity contribution in [3.8, 4) is 0 Å². The Bertz CT molecular complexity index is 938. The molecule has 1 heterocycles. The molecule has 7 heteroatoms. The molecule has 2 amide bonds. The van der Waals surface area contributed by atoms with Crippen LogP contribution in [0.2, 0.25) is 0 Å². The van der Waals surface area contributed by atoms with Crippen LogP contribution in [0.25, 0.3) is 0 Å². The summed E-state index contributed by atoms with van der Waals surface area (Å²) in [5.74, 6) is 0.202. The number of rotatable bonds is 8. The number of ketones is 1. The highest BCUT2D eigenvalue weighted by Crippen LogP contribution is 2.25. The van der Waals surface area contributed by atoms with Gasteiger partial charge < -0.3 is 15.7 Å². The number of amides is 2. The zero-order chi connectivity index (χ0) is 23.3. The van der Waals surface area contributed by atoms with Gasteiger partial charge in [0.25, 0.3) is 0 Å². The highest BCUT2D eigenvalue weighted by molar-refractivity contribution is 5.97. The van der Waals surface area contributed by atoms with E-state index >= 15 is 0 Å². The van der Waals surface area contributed by atoms with E-state index in [0.29, 0.717) is 23.7 Å². The Hall–Kier alpha value is -2.77. The van der Waals surface area contributed by atoms with Gasteiger partial charge in [0.2, 0.25) is 0 Å². The number of carbonyl (C=O) groups is 2.